The van der Waals surface area contributed by atoms with E-state index >= 15 is 0 Å². The number of ether oxygens (including phenoxy) is 1. The third-order valence-electron chi connectivity index (χ3n) is 6.02. The van der Waals surface area contributed by atoms with Gasteiger partial charge in [-0.05, 0) is 68.1 Å². The minimum atomic E-state index is -0.280. The van der Waals surface area contributed by atoms with Gasteiger partial charge in [0.25, 0.3) is 0 Å². The zero-order valence-electron chi connectivity index (χ0n) is 18.3. The second kappa shape index (κ2) is 8.50. The molecular formula is C27H27N3O2. The average molecular weight is 426 g/mol. The maximum atomic E-state index is 13.5. The predicted octanol–water partition coefficient (Wildman–Crippen LogP) is 5.85. The number of ketones is 1. The molecule has 1 aromatic heterocycles. The highest BCUT2D eigenvalue weighted by molar-refractivity contribution is 6.01. The summed E-state index contributed by atoms with van der Waals surface area (Å²) < 4.78 is 5.78. The molecule has 0 fully saturated rings. The van der Waals surface area contributed by atoms with E-state index in [4.69, 9.17) is 4.74 Å². The summed E-state index contributed by atoms with van der Waals surface area (Å²) in [6.07, 6.45) is 3.16. The van der Waals surface area contributed by atoms with Gasteiger partial charge in [0.15, 0.2) is 5.78 Å². The molecule has 32 heavy (non-hydrogen) atoms. The molecular weight excluding hydrogens is 398 g/mol. The fourth-order valence-corrected chi connectivity index (χ4v) is 4.59. The lowest BCUT2D eigenvalue weighted by Gasteiger charge is -2.29. The van der Waals surface area contributed by atoms with Crippen LogP contribution in [0, 0.1) is 0 Å². The maximum Gasteiger partial charge on any atom is 0.163 e. The molecule has 0 bridgehead atoms. The van der Waals surface area contributed by atoms with E-state index in [1.807, 2.05) is 68.4 Å². The van der Waals surface area contributed by atoms with E-state index in [-0.39, 0.29) is 23.8 Å². The lowest BCUT2D eigenvalue weighted by molar-refractivity contribution is -0.116. The van der Waals surface area contributed by atoms with Crippen molar-refractivity contribution < 1.29 is 9.53 Å². The Bertz CT molecular complexity index is 1150. The Balaban J connectivity index is 1.51. The number of hydrogen-bond donors (Lipinski definition) is 2. The quantitative estimate of drug-likeness (QED) is 0.549. The molecule has 0 saturated heterocycles. The molecule has 2 aliphatic rings. The van der Waals surface area contributed by atoms with Crippen LogP contribution in [0.5, 0.6) is 5.75 Å². The minimum Gasteiger partial charge on any atom is -0.491 e. The second-order valence-electron chi connectivity index (χ2n) is 8.66. The molecule has 3 aromatic rings. The van der Waals surface area contributed by atoms with Crippen molar-refractivity contribution in [1.29, 1.82) is 0 Å². The van der Waals surface area contributed by atoms with Gasteiger partial charge in [-0.3, -0.25) is 9.78 Å². The number of para-hydroxylation sites is 2. The number of anilines is 2. The van der Waals surface area contributed by atoms with Crippen molar-refractivity contribution >= 4 is 17.2 Å². The van der Waals surface area contributed by atoms with Gasteiger partial charge in [-0.15, -0.1) is 0 Å². The van der Waals surface area contributed by atoms with Crippen LogP contribution in [0.3, 0.4) is 0 Å². The van der Waals surface area contributed by atoms with Crippen molar-refractivity contribution in [3.8, 4) is 5.75 Å². The maximum absolute atomic E-state index is 13.5. The van der Waals surface area contributed by atoms with Gasteiger partial charge in [-0.1, -0.05) is 30.3 Å². The van der Waals surface area contributed by atoms with Crippen LogP contribution < -0.4 is 15.4 Å². The number of allylic oxidation sites excluding steroid dienone is 1. The lowest BCUT2D eigenvalue weighted by atomic mass is 9.79. The first kappa shape index (κ1) is 20.3. The monoisotopic (exact) mass is 425 g/mol. The first-order valence-electron chi connectivity index (χ1n) is 11.1. The smallest absolute Gasteiger partial charge is 0.163 e. The van der Waals surface area contributed by atoms with E-state index in [0.29, 0.717) is 6.42 Å². The Kier molecular flexibility index (Phi) is 5.39. The van der Waals surface area contributed by atoms with Gasteiger partial charge in [-0.2, -0.15) is 0 Å². The van der Waals surface area contributed by atoms with E-state index in [9.17, 15) is 4.79 Å². The number of fused-ring (bicyclic) bond motifs is 1. The second-order valence-corrected chi connectivity index (χ2v) is 8.66. The Morgan fingerprint density at radius 1 is 0.938 bits per heavy atom. The largest absolute Gasteiger partial charge is 0.491 e. The molecule has 0 unspecified atom stereocenters. The summed E-state index contributed by atoms with van der Waals surface area (Å²) >= 11 is 0. The molecule has 5 rings (SSSR count). The molecule has 0 spiro atoms. The van der Waals surface area contributed by atoms with Crippen LogP contribution in [0.2, 0.25) is 0 Å². The topological polar surface area (TPSA) is 63.2 Å². The van der Waals surface area contributed by atoms with Gasteiger partial charge in [0.05, 0.1) is 29.2 Å². The van der Waals surface area contributed by atoms with Crippen molar-refractivity contribution in [2.24, 2.45) is 0 Å². The Labute approximate surface area is 188 Å². The van der Waals surface area contributed by atoms with E-state index in [1.54, 1.807) is 6.20 Å². The fraction of sp³-hybridized carbons (Fsp3) is 0.259. The van der Waals surface area contributed by atoms with Crippen molar-refractivity contribution in [1.82, 2.24) is 4.98 Å². The van der Waals surface area contributed by atoms with Crippen LogP contribution >= 0.6 is 0 Å². The van der Waals surface area contributed by atoms with E-state index in [2.05, 4.69) is 27.8 Å². The minimum absolute atomic E-state index is 0.122. The summed E-state index contributed by atoms with van der Waals surface area (Å²) in [6.45, 7) is 4.03. The predicted molar refractivity (Wildman–Crippen MR) is 127 cm³/mol. The summed E-state index contributed by atoms with van der Waals surface area (Å²) in [6, 6.07) is 21.8. The van der Waals surface area contributed by atoms with Gasteiger partial charge in [0.2, 0.25) is 0 Å². The Hall–Kier alpha value is -3.60. The molecule has 162 valence electrons. The lowest BCUT2D eigenvalue weighted by Crippen LogP contribution is -2.27. The zero-order chi connectivity index (χ0) is 22.1. The van der Waals surface area contributed by atoms with Gasteiger partial charge in [0.1, 0.15) is 5.75 Å². The highest BCUT2D eigenvalue weighted by atomic mass is 16.5. The standard InChI is InChI=1S/C27H27N3O2/c1-17(2)32-20-12-10-18(11-13-20)19-15-24-26(25(31)16-19)27(23-9-5-6-14-28-23)30-22-8-4-3-7-21(22)29-24/h3-14,17,19,27,29-30H,15-16H2,1-2H3/t19-,27+/m0/s1. The first-order valence-corrected chi connectivity index (χ1v) is 11.1. The number of aromatic nitrogens is 1. The highest BCUT2D eigenvalue weighted by Gasteiger charge is 2.36. The zero-order valence-corrected chi connectivity index (χ0v) is 18.3. The number of nitrogens with one attached hydrogen (secondary N) is 2. The van der Waals surface area contributed by atoms with Crippen molar-refractivity contribution in [3.05, 3.63) is 95.5 Å². The molecule has 0 saturated carbocycles. The Morgan fingerprint density at radius 2 is 1.69 bits per heavy atom. The summed E-state index contributed by atoms with van der Waals surface area (Å²) in [5, 5.41) is 7.14. The number of nitrogens with zero attached hydrogens (tertiary/aromatic N) is 1. The van der Waals surface area contributed by atoms with Crippen LogP contribution in [0.4, 0.5) is 11.4 Å². The molecule has 5 heteroatoms. The van der Waals surface area contributed by atoms with Gasteiger partial charge in [-0.25, -0.2) is 0 Å². The van der Waals surface area contributed by atoms with Crippen LogP contribution in [0.15, 0.2) is 84.2 Å². The summed E-state index contributed by atoms with van der Waals surface area (Å²) in [7, 11) is 0. The third-order valence-corrected chi connectivity index (χ3v) is 6.02. The SMILES string of the molecule is CC(C)Oc1ccc([C@@H]2CC(=O)C3=C(C2)Nc2ccccc2N[C@@H]3c2ccccn2)cc1. The number of pyridine rings is 1. The van der Waals surface area contributed by atoms with E-state index in [0.717, 1.165) is 46.1 Å². The van der Waals surface area contributed by atoms with E-state index in [1.165, 1.54) is 0 Å². The molecule has 2 N–H and O–H groups in total. The number of hydrogen-bond acceptors (Lipinski definition) is 5. The number of Topliss-reactive ketones (excluding diaryl/α,β-unsaturated/α-hetero) is 1. The molecule has 1 aliphatic carbocycles. The summed E-state index contributed by atoms with van der Waals surface area (Å²) in [5.74, 6) is 1.13. The number of rotatable bonds is 4. The van der Waals surface area contributed by atoms with Crippen LogP contribution in [-0.2, 0) is 4.79 Å². The average Bonchev–Trinajstić information content (AvgIpc) is 2.96. The van der Waals surface area contributed by atoms with Gasteiger partial charge in [0, 0.05) is 23.9 Å². The molecule has 2 heterocycles. The summed E-state index contributed by atoms with van der Waals surface area (Å²) in [5.41, 5.74) is 5.71. The highest BCUT2D eigenvalue weighted by Crippen LogP contribution is 2.43. The van der Waals surface area contributed by atoms with Crippen molar-refractivity contribution in [2.45, 2.75) is 44.8 Å². The molecule has 1 aliphatic heterocycles. The normalized spacial score (nSPS) is 20.0. The molecule has 5 nitrogen and oxygen atoms in total. The fourth-order valence-electron chi connectivity index (χ4n) is 4.59. The van der Waals surface area contributed by atoms with Gasteiger partial charge >= 0.3 is 0 Å². The van der Waals surface area contributed by atoms with Crippen molar-refractivity contribution in [3.63, 3.8) is 0 Å². The van der Waals surface area contributed by atoms with E-state index < -0.39 is 0 Å². The van der Waals surface area contributed by atoms with Crippen molar-refractivity contribution in [2.75, 3.05) is 10.6 Å². The van der Waals surface area contributed by atoms with Gasteiger partial charge < -0.3 is 15.4 Å². The molecule has 0 radical (unpaired) electrons. The Morgan fingerprint density at radius 3 is 2.41 bits per heavy atom. The third kappa shape index (κ3) is 3.98. The van der Waals surface area contributed by atoms with Crippen LogP contribution in [0.1, 0.15) is 49.9 Å². The molecule has 2 aromatic carbocycles. The summed E-state index contributed by atoms with van der Waals surface area (Å²) in [4.78, 5) is 18.1. The van der Waals surface area contributed by atoms with Crippen LogP contribution in [0.25, 0.3) is 0 Å². The number of carbonyl (C=O) groups excluding carboxylic acids is 1. The first-order chi connectivity index (χ1) is 15.6. The molecule has 0 amide bonds. The number of carbonyl (C=O) groups is 1. The molecule has 2 atom stereocenters. The number of benzene rings is 2. The van der Waals surface area contributed by atoms with Crippen LogP contribution in [-0.4, -0.2) is 16.9 Å².